The van der Waals surface area contributed by atoms with Crippen LogP contribution in [-0.4, -0.2) is 52.0 Å². The molecule has 0 unspecified atom stereocenters. The molecule has 0 saturated carbocycles. The Balaban J connectivity index is 1.92. The molecule has 0 aromatic heterocycles. The van der Waals surface area contributed by atoms with Gasteiger partial charge in [0.05, 0.1) is 11.5 Å². The van der Waals surface area contributed by atoms with Gasteiger partial charge in [-0.2, -0.15) is 16.1 Å². The molecule has 1 aliphatic heterocycles. The summed E-state index contributed by atoms with van der Waals surface area (Å²) in [5.74, 6) is -0.591. The number of thioether (sulfide) groups is 1. The van der Waals surface area contributed by atoms with Gasteiger partial charge in [-0.25, -0.2) is 8.42 Å². The van der Waals surface area contributed by atoms with Crippen LogP contribution in [0.15, 0.2) is 53.4 Å². The van der Waals surface area contributed by atoms with E-state index in [1.807, 2.05) is 24.3 Å². The normalized spacial score (nSPS) is 20.0. The number of rotatable bonds is 5. The first-order chi connectivity index (χ1) is 13.2. The average molecular weight is 422 g/mol. The summed E-state index contributed by atoms with van der Waals surface area (Å²) in [6.07, 6.45) is 0. The Kier molecular flexibility index (Phi) is 5.86. The summed E-state index contributed by atoms with van der Waals surface area (Å²) >= 11 is 1.47. The van der Waals surface area contributed by atoms with Crippen LogP contribution in [0.2, 0.25) is 0 Å². The van der Waals surface area contributed by atoms with Crippen molar-refractivity contribution >= 4 is 27.8 Å². The predicted molar refractivity (Wildman–Crippen MR) is 110 cm³/mol. The third-order valence-electron chi connectivity index (χ3n) is 4.90. The summed E-state index contributed by atoms with van der Waals surface area (Å²) in [6.45, 7) is 3.65. The van der Waals surface area contributed by atoms with Gasteiger partial charge in [-0.15, -0.1) is 0 Å². The highest BCUT2D eigenvalue weighted by Gasteiger charge is 2.48. The molecular weight excluding hydrogens is 398 g/mol. The molecule has 1 aliphatic rings. The van der Waals surface area contributed by atoms with Crippen LogP contribution in [0.3, 0.4) is 0 Å². The fourth-order valence-corrected chi connectivity index (χ4v) is 6.49. The minimum Gasteiger partial charge on any atom is -0.480 e. The highest BCUT2D eigenvalue weighted by Crippen LogP contribution is 2.38. The van der Waals surface area contributed by atoms with Gasteiger partial charge in [0.15, 0.2) is 0 Å². The van der Waals surface area contributed by atoms with E-state index in [2.05, 4.69) is 0 Å². The highest BCUT2D eigenvalue weighted by atomic mass is 32.2. The number of aliphatic carboxylic acids is 1. The summed E-state index contributed by atoms with van der Waals surface area (Å²) in [7, 11) is -3.93. The molecule has 0 amide bonds. The van der Waals surface area contributed by atoms with Gasteiger partial charge < -0.3 is 10.2 Å². The first-order valence-electron chi connectivity index (χ1n) is 8.85. The summed E-state index contributed by atoms with van der Waals surface area (Å²) in [6, 6.07) is 12.7. The van der Waals surface area contributed by atoms with Gasteiger partial charge in [0, 0.05) is 17.0 Å². The molecule has 1 fully saturated rings. The Bertz CT molecular complexity index is 953. The van der Waals surface area contributed by atoms with Crippen molar-refractivity contribution in [1.82, 2.24) is 4.31 Å². The second-order valence-electron chi connectivity index (χ2n) is 7.19. The van der Waals surface area contributed by atoms with E-state index < -0.39 is 26.8 Å². The maximum atomic E-state index is 13.1. The van der Waals surface area contributed by atoms with E-state index in [-0.39, 0.29) is 18.0 Å². The molecule has 2 aromatic rings. The standard InChI is InChI=1S/C20H23NO5S2/c1-20(2)18(19(23)24)21(11-12-27-20)28(25,26)17-9-7-16(8-10-17)15-5-3-14(13-22)4-6-15/h3-10,18,22H,11-13H2,1-2H3,(H,23,24)/t18-/m0/s1. The first kappa shape index (κ1) is 20.9. The zero-order valence-corrected chi connectivity index (χ0v) is 17.3. The minimum atomic E-state index is -3.93. The lowest BCUT2D eigenvalue weighted by atomic mass is 10.0. The topological polar surface area (TPSA) is 94.9 Å². The monoisotopic (exact) mass is 421 g/mol. The van der Waals surface area contributed by atoms with Crippen molar-refractivity contribution in [3.05, 3.63) is 54.1 Å². The van der Waals surface area contributed by atoms with Gasteiger partial charge in [-0.3, -0.25) is 4.79 Å². The predicted octanol–water partition coefficient (Wildman–Crippen LogP) is 2.82. The highest BCUT2D eigenvalue weighted by molar-refractivity contribution is 8.00. The first-order valence-corrected chi connectivity index (χ1v) is 11.3. The van der Waals surface area contributed by atoms with E-state index in [9.17, 15) is 18.3 Å². The van der Waals surface area contributed by atoms with Crippen LogP contribution < -0.4 is 0 Å². The summed E-state index contributed by atoms with van der Waals surface area (Å²) in [5.41, 5.74) is 2.54. The van der Waals surface area contributed by atoms with Crippen LogP contribution in [0.4, 0.5) is 0 Å². The van der Waals surface area contributed by atoms with Crippen LogP contribution in [0.1, 0.15) is 19.4 Å². The maximum Gasteiger partial charge on any atom is 0.323 e. The molecule has 28 heavy (non-hydrogen) atoms. The second-order valence-corrected chi connectivity index (χ2v) is 10.8. The summed E-state index contributed by atoms with van der Waals surface area (Å²) in [4.78, 5) is 11.9. The zero-order valence-electron chi connectivity index (χ0n) is 15.7. The molecule has 0 aliphatic carbocycles. The second kappa shape index (κ2) is 7.87. The van der Waals surface area contributed by atoms with Crippen molar-refractivity contribution < 1.29 is 23.4 Å². The van der Waals surface area contributed by atoms with Crippen molar-refractivity contribution in [2.45, 2.75) is 36.1 Å². The van der Waals surface area contributed by atoms with Crippen molar-refractivity contribution in [3.8, 4) is 11.1 Å². The van der Waals surface area contributed by atoms with Crippen LogP contribution in [0.25, 0.3) is 11.1 Å². The van der Waals surface area contributed by atoms with Crippen LogP contribution in [0, 0.1) is 0 Å². The molecule has 3 rings (SSSR count). The summed E-state index contributed by atoms with van der Waals surface area (Å²) < 4.78 is 26.7. The number of carboxylic acids is 1. The van der Waals surface area contributed by atoms with Gasteiger partial charge >= 0.3 is 5.97 Å². The molecule has 150 valence electrons. The fraction of sp³-hybridized carbons (Fsp3) is 0.350. The molecule has 2 aromatic carbocycles. The SMILES string of the molecule is CC1(C)SCCN(S(=O)(=O)c2ccc(-c3ccc(CO)cc3)cc2)[C@H]1C(=O)O. The Morgan fingerprint density at radius 3 is 2.14 bits per heavy atom. The number of sulfonamides is 1. The lowest BCUT2D eigenvalue weighted by molar-refractivity contribution is -0.142. The minimum absolute atomic E-state index is 0.0350. The van der Waals surface area contributed by atoms with E-state index in [4.69, 9.17) is 5.11 Å². The third kappa shape index (κ3) is 3.96. The van der Waals surface area contributed by atoms with Crippen molar-refractivity contribution in [3.63, 3.8) is 0 Å². The number of nitrogens with zero attached hydrogens (tertiary/aromatic N) is 1. The van der Waals surface area contributed by atoms with E-state index in [1.54, 1.807) is 26.0 Å². The number of benzene rings is 2. The van der Waals surface area contributed by atoms with Gasteiger partial charge in [-0.05, 0) is 42.7 Å². The number of hydrogen-bond acceptors (Lipinski definition) is 5. The molecule has 6 nitrogen and oxygen atoms in total. The molecule has 1 atom stereocenters. The number of carboxylic acid groups (broad SMARTS) is 1. The molecule has 8 heteroatoms. The zero-order chi connectivity index (χ0) is 20.5. The Hall–Kier alpha value is -1.87. The Morgan fingerprint density at radius 2 is 1.64 bits per heavy atom. The number of carbonyl (C=O) groups is 1. The van der Waals surface area contributed by atoms with Gasteiger partial charge in [-0.1, -0.05) is 36.4 Å². The molecule has 2 N–H and O–H groups in total. The third-order valence-corrected chi connectivity index (χ3v) is 8.13. The largest absolute Gasteiger partial charge is 0.480 e. The van der Waals surface area contributed by atoms with Crippen molar-refractivity contribution in [2.24, 2.45) is 0 Å². The molecule has 1 saturated heterocycles. The van der Waals surface area contributed by atoms with Crippen LogP contribution in [0.5, 0.6) is 0 Å². The smallest absolute Gasteiger partial charge is 0.323 e. The fourth-order valence-electron chi connectivity index (χ4n) is 3.39. The van der Waals surface area contributed by atoms with Gasteiger partial charge in [0.2, 0.25) is 10.0 Å². The molecule has 1 heterocycles. The van der Waals surface area contributed by atoms with E-state index in [0.717, 1.165) is 21.0 Å². The quantitative estimate of drug-likeness (QED) is 0.771. The lowest BCUT2D eigenvalue weighted by Gasteiger charge is -2.42. The molecule has 0 radical (unpaired) electrons. The Labute approximate surface area is 169 Å². The van der Waals surface area contributed by atoms with Gasteiger partial charge in [0.25, 0.3) is 0 Å². The lowest BCUT2D eigenvalue weighted by Crippen LogP contribution is -2.58. The summed E-state index contributed by atoms with van der Waals surface area (Å²) in [5, 5.41) is 18.8. The van der Waals surface area contributed by atoms with Gasteiger partial charge in [0.1, 0.15) is 6.04 Å². The van der Waals surface area contributed by atoms with E-state index in [1.165, 1.54) is 23.9 Å². The number of aliphatic hydroxyl groups excluding tert-OH is 1. The molecule has 0 spiro atoms. The Morgan fingerprint density at radius 1 is 1.11 bits per heavy atom. The number of aliphatic hydroxyl groups is 1. The van der Waals surface area contributed by atoms with E-state index >= 15 is 0 Å². The van der Waals surface area contributed by atoms with Crippen LogP contribution in [-0.2, 0) is 21.4 Å². The van der Waals surface area contributed by atoms with Crippen molar-refractivity contribution in [1.29, 1.82) is 0 Å². The maximum absolute atomic E-state index is 13.1. The van der Waals surface area contributed by atoms with Crippen LogP contribution >= 0.6 is 11.8 Å². The number of hydrogen-bond donors (Lipinski definition) is 2. The van der Waals surface area contributed by atoms with E-state index in [0.29, 0.717) is 5.75 Å². The van der Waals surface area contributed by atoms with Crippen molar-refractivity contribution in [2.75, 3.05) is 12.3 Å². The average Bonchev–Trinajstić information content (AvgIpc) is 2.67. The molecular formula is C20H23NO5S2. The molecule has 0 bridgehead atoms.